The van der Waals surface area contributed by atoms with Gasteiger partial charge in [0.25, 0.3) is 5.91 Å². The molecule has 29 heavy (non-hydrogen) atoms. The van der Waals surface area contributed by atoms with Crippen LogP contribution in [-0.2, 0) is 26.4 Å². The first-order valence-corrected chi connectivity index (χ1v) is 10.2. The van der Waals surface area contributed by atoms with E-state index in [4.69, 9.17) is 0 Å². The summed E-state index contributed by atoms with van der Waals surface area (Å²) in [5, 5.41) is 16.4. The SMILES string of the molecule is CC(C)Cc1cc(C(=O)NC2CCc3nnc(-c4cccnc4)n3CC2)n(C)n1. The van der Waals surface area contributed by atoms with Crippen molar-refractivity contribution in [2.45, 2.75) is 52.1 Å². The number of rotatable bonds is 5. The molecule has 4 rings (SSSR count). The molecule has 4 heterocycles. The number of aryl methyl sites for hydroxylation is 2. The Morgan fingerprint density at radius 3 is 2.93 bits per heavy atom. The molecule has 1 atom stereocenters. The van der Waals surface area contributed by atoms with Crippen LogP contribution in [0.3, 0.4) is 0 Å². The zero-order valence-electron chi connectivity index (χ0n) is 17.2. The molecule has 0 aliphatic carbocycles. The highest BCUT2D eigenvalue weighted by Gasteiger charge is 2.23. The fraction of sp³-hybridized carbons (Fsp3) is 0.476. The van der Waals surface area contributed by atoms with E-state index in [-0.39, 0.29) is 11.9 Å². The number of carbonyl (C=O) groups excluding carboxylic acids is 1. The Hall–Kier alpha value is -3.03. The largest absolute Gasteiger partial charge is 0.348 e. The van der Waals surface area contributed by atoms with Gasteiger partial charge in [0.05, 0.1) is 5.69 Å². The van der Waals surface area contributed by atoms with Gasteiger partial charge in [0.2, 0.25) is 0 Å². The number of hydrogen-bond donors (Lipinski definition) is 1. The first kappa shape index (κ1) is 19.3. The van der Waals surface area contributed by atoms with Crippen molar-refractivity contribution in [1.82, 2.24) is 34.8 Å². The lowest BCUT2D eigenvalue weighted by molar-refractivity contribution is 0.0923. The highest BCUT2D eigenvalue weighted by Crippen LogP contribution is 2.22. The van der Waals surface area contributed by atoms with E-state index < -0.39 is 0 Å². The third kappa shape index (κ3) is 4.21. The fourth-order valence-electron chi connectivity index (χ4n) is 3.86. The lowest BCUT2D eigenvalue weighted by atomic mass is 10.1. The molecule has 8 heteroatoms. The van der Waals surface area contributed by atoms with Gasteiger partial charge in [0, 0.05) is 44.0 Å². The Morgan fingerprint density at radius 1 is 1.31 bits per heavy atom. The molecular formula is C21H27N7O. The summed E-state index contributed by atoms with van der Waals surface area (Å²) in [6.07, 6.45) is 6.88. The van der Waals surface area contributed by atoms with Gasteiger partial charge < -0.3 is 9.88 Å². The Labute approximate surface area is 170 Å². The molecule has 0 aromatic carbocycles. The van der Waals surface area contributed by atoms with Crippen LogP contribution in [0.1, 0.15) is 48.7 Å². The molecule has 1 unspecified atom stereocenters. The van der Waals surface area contributed by atoms with Crippen LogP contribution in [0.15, 0.2) is 30.6 Å². The molecule has 0 saturated carbocycles. The van der Waals surface area contributed by atoms with E-state index in [1.54, 1.807) is 17.1 Å². The minimum atomic E-state index is -0.0647. The summed E-state index contributed by atoms with van der Waals surface area (Å²) in [6.45, 7) is 5.07. The van der Waals surface area contributed by atoms with Crippen LogP contribution in [0, 0.1) is 5.92 Å². The summed E-state index contributed by atoms with van der Waals surface area (Å²) in [4.78, 5) is 17.0. The summed E-state index contributed by atoms with van der Waals surface area (Å²) < 4.78 is 3.83. The fourth-order valence-corrected chi connectivity index (χ4v) is 3.86. The summed E-state index contributed by atoms with van der Waals surface area (Å²) in [5.74, 6) is 2.24. The Balaban J connectivity index is 1.44. The maximum atomic E-state index is 12.8. The number of pyridine rings is 1. The zero-order chi connectivity index (χ0) is 20.4. The number of nitrogens with one attached hydrogen (secondary N) is 1. The molecule has 0 spiro atoms. The van der Waals surface area contributed by atoms with Gasteiger partial charge in [-0.25, -0.2) is 0 Å². The molecular weight excluding hydrogens is 366 g/mol. The van der Waals surface area contributed by atoms with E-state index in [0.717, 1.165) is 55.1 Å². The molecule has 1 N–H and O–H groups in total. The van der Waals surface area contributed by atoms with E-state index in [1.165, 1.54) is 0 Å². The van der Waals surface area contributed by atoms with E-state index in [0.29, 0.717) is 11.6 Å². The van der Waals surface area contributed by atoms with Crippen LogP contribution in [0.2, 0.25) is 0 Å². The quantitative estimate of drug-likeness (QED) is 0.719. The van der Waals surface area contributed by atoms with Crippen molar-refractivity contribution >= 4 is 5.91 Å². The minimum Gasteiger partial charge on any atom is -0.348 e. The van der Waals surface area contributed by atoms with Crippen molar-refractivity contribution < 1.29 is 4.79 Å². The van der Waals surface area contributed by atoms with Crippen molar-refractivity contribution in [2.24, 2.45) is 13.0 Å². The molecule has 152 valence electrons. The lowest BCUT2D eigenvalue weighted by Gasteiger charge is -2.16. The zero-order valence-corrected chi connectivity index (χ0v) is 17.2. The summed E-state index contributed by atoms with van der Waals surface area (Å²) in [5.41, 5.74) is 2.53. The lowest BCUT2D eigenvalue weighted by Crippen LogP contribution is -2.36. The van der Waals surface area contributed by atoms with Crippen LogP contribution in [0.25, 0.3) is 11.4 Å². The predicted molar refractivity (Wildman–Crippen MR) is 109 cm³/mol. The molecule has 3 aromatic heterocycles. The maximum Gasteiger partial charge on any atom is 0.269 e. The first-order chi connectivity index (χ1) is 14.0. The third-order valence-corrected chi connectivity index (χ3v) is 5.28. The molecule has 0 fully saturated rings. The van der Waals surface area contributed by atoms with Crippen molar-refractivity contribution in [3.05, 3.63) is 47.8 Å². The Morgan fingerprint density at radius 2 is 2.17 bits per heavy atom. The molecule has 8 nitrogen and oxygen atoms in total. The molecule has 3 aromatic rings. The average Bonchev–Trinajstić information content (AvgIpc) is 3.21. The Kier molecular flexibility index (Phi) is 5.42. The average molecular weight is 393 g/mol. The molecule has 0 bridgehead atoms. The molecule has 0 radical (unpaired) electrons. The van der Waals surface area contributed by atoms with Crippen molar-refractivity contribution in [1.29, 1.82) is 0 Å². The van der Waals surface area contributed by atoms with Crippen molar-refractivity contribution in [2.75, 3.05) is 0 Å². The highest BCUT2D eigenvalue weighted by molar-refractivity contribution is 5.92. The van der Waals surface area contributed by atoms with Gasteiger partial charge in [-0.05, 0) is 43.4 Å². The van der Waals surface area contributed by atoms with Gasteiger partial charge in [-0.2, -0.15) is 5.10 Å². The van der Waals surface area contributed by atoms with Crippen molar-refractivity contribution in [3.63, 3.8) is 0 Å². The monoisotopic (exact) mass is 393 g/mol. The second kappa shape index (κ2) is 8.14. The smallest absolute Gasteiger partial charge is 0.269 e. The van der Waals surface area contributed by atoms with Crippen LogP contribution in [0.5, 0.6) is 0 Å². The number of carbonyl (C=O) groups is 1. The highest BCUT2D eigenvalue weighted by atomic mass is 16.2. The summed E-state index contributed by atoms with van der Waals surface area (Å²) in [7, 11) is 1.83. The van der Waals surface area contributed by atoms with Crippen LogP contribution < -0.4 is 5.32 Å². The number of aromatic nitrogens is 6. The third-order valence-electron chi connectivity index (χ3n) is 5.28. The first-order valence-electron chi connectivity index (χ1n) is 10.2. The van der Waals surface area contributed by atoms with E-state index in [9.17, 15) is 4.79 Å². The number of fused-ring (bicyclic) bond motifs is 1. The number of nitrogens with zero attached hydrogens (tertiary/aromatic N) is 6. The van der Waals surface area contributed by atoms with Gasteiger partial charge in [-0.1, -0.05) is 13.8 Å². The van der Waals surface area contributed by atoms with Gasteiger partial charge >= 0.3 is 0 Å². The molecule has 1 aliphatic heterocycles. The molecule has 1 aliphatic rings. The minimum absolute atomic E-state index is 0.0647. The maximum absolute atomic E-state index is 12.8. The molecule has 1 amide bonds. The Bertz CT molecular complexity index is 990. The standard InChI is InChI=1S/C21H27N7O/c1-14(2)11-17-12-18(27(3)26-17)21(29)23-16-6-7-19-24-25-20(28(19)10-8-16)15-5-4-9-22-13-15/h4-5,9,12-14,16H,6-8,10-11H2,1-3H3,(H,23,29). The normalized spacial score (nSPS) is 16.5. The second-order valence-electron chi connectivity index (χ2n) is 8.07. The predicted octanol–water partition coefficient (Wildman–Crippen LogP) is 2.41. The van der Waals surface area contributed by atoms with E-state index in [1.807, 2.05) is 25.2 Å². The second-order valence-corrected chi connectivity index (χ2v) is 8.07. The summed E-state index contributed by atoms with van der Waals surface area (Å²) >= 11 is 0. The van der Waals surface area contributed by atoms with Gasteiger partial charge in [-0.3, -0.25) is 14.5 Å². The van der Waals surface area contributed by atoms with Crippen molar-refractivity contribution in [3.8, 4) is 11.4 Å². The van der Waals surface area contributed by atoms with E-state index >= 15 is 0 Å². The van der Waals surface area contributed by atoms with E-state index in [2.05, 4.69) is 44.0 Å². The number of hydrogen-bond acceptors (Lipinski definition) is 5. The summed E-state index contributed by atoms with van der Waals surface area (Å²) in [6, 6.07) is 5.89. The van der Waals surface area contributed by atoms with Gasteiger partial charge in [0.1, 0.15) is 11.5 Å². The molecule has 0 saturated heterocycles. The van der Waals surface area contributed by atoms with Gasteiger partial charge in [0.15, 0.2) is 5.82 Å². The van der Waals surface area contributed by atoms with Crippen LogP contribution in [-0.4, -0.2) is 41.5 Å². The van der Waals surface area contributed by atoms with Gasteiger partial charge in [-0.15, -0.1) is 10.2 Å². The number of amides is 1. The topological polar surface area (TPSA) is 90.5 Å². The van der Waals surface area contributed by atoms with Crippen LogP contribution >= 0.6 is 0 Å². The van der Waals surface area contributed by atoms with Crippen LogP contribution in [0.4, 0.5) is 0 Å².